The van der Waals surface area contributed by atoms with Gasteiger partial charge < -0.3 is 27.0 Å². The zero-order chi connectivity index (χ0) is 10.1. The number of nitrogens with one attached hydrogen (secondary N) is 4. The van der Waals surface area contributed by atoms with E-state index in [4.69, 9.17) is 5.73 Å². The molecular weight excluding hydrogens is 178 g/mol. The molecule has 1 saturated heterocycles. The summed E-state index contributed by atoms with van der Waals surface area (Å²) >= 11 is 0. The molecule has 0 aromatic rings. The van der Waals surface area contributed by atoms with E-state index < -0.39 is 0 Å². The van der Waals surface area contributed by atoms with Crippen LogP contribution in [-0.2, 0) is 0 Å². The molecule has 6 N–H and O–H groups in total. The summed E-state index contributed by atoms with van der Waals surface area (Å²) < 4.78 is 0. The second kappa shape index (κ2) is 8.14. The molecule has 0 radical (unpaired) electrons. The van der Waals surface area contributed by atoms with Crippen LogP contribution in [0.5, 0.6) is 0 Å². The van der Waals surface area contributed by atoms with Gasteiger partial charge in [-0.05, 0) is 0 Å². The first-order valence-corrected chi connectivity index (χ1v) is 5.49. The molecule has 0 amide bonds. The molecule has 1 rings (SSSR count). The first-order chi connectivity index (χ1) is 6.93. The maximum Gasteiger partial charge on any atom is 0.0315 e. The zero-order valence-corrected chi connectivity index (χ0v) is 8.81. The normalized spacial score (nSPS) is 27.6. The van der Waals surface area contributed by atoms with Gasteiger partial charge in [0.25, 0.3) is 0 Å². The highest BCUT2D eigenvalue weighted by molar-refractivity contribution is 4.72. The van der Waals surface area contributed by atoms with Crippen LogP contribution >= 0.6 is 0 Å². The van der Waals surface area contributed by atoms with E-state index in [0.29, 0.717) is 12.6 Å². The van der Waals surface area contributed by atoms with Gasteiger partial charge in [0.2, 0.25) is 0 Å². The van der Waals surface area contributed by atoms with Crippen molar-refractivity contribution in [2.75, 3.05) is 52.4 Å². The fraction of sp³-hybridized carbons (Fsp3) is 1.00. The van der Waals surface area contributed by atoms with Crippen LogP contribution in [0.2, 0.25) is 0 Å². The minimum atomic E-state index is 0.399. The van der Waals surface area contributed by atoms with Gasteiger partial charge in [0.05, 0.1) is 0 Å². The van der Waals surface area contributed by atoms with Gasteiger partial charge in [0.15, 0.2) is 0 Å². The van der Waals surface area contributed by atoms with Crippen LogP contribution in [0.1, 0.15) is 0 Å². The molecule has 1 atom stereocenters. The standard InChI is InChI=1S/C9H23N5/c10-7-9-8-13-4-3-11-1-2-12-5-6-14-9/h9,11-14H,1-8,10H2. The summed E-state index contributed by atoms with van der Waals surface area (Å²) in [6, 6.07) is 0.399. The summed E-state index contributed by atoms with van der Waals surface area (Å²) in [6.07, 6.45) is 0. The Hall–Kier alpha value is -0.200. The third-order valence-electron chi connectivity index (χ3n) is 2.37. The molecule has 0 saturated carbocycles. The van der Waals surface area contributed by atoms with E-state index in [0.717, 1.165) is 45.8 Å². The lowest BCUT2D eigenvalue weighted by Gasteiger charge is -2.19. The molecule has 0 aromatic heterocycles. The summed E-state index contributed by atoms with van der Waals surface area (Å²) in [4.78, 5) is 0. The fourth-order valence-corrected chi connectivity index (χ4v) is 1.48. The maximum atomic E-state index is 5.65. The smallest absolute Gasteiger partial charge is 0.0315 e. The molecule has 1 fully saturated rings. The van der Waals surface area contributed by atoms with Crippen LogP contribution < -0.4 is 27.0 Å². The van der Waals surface area contributed by atoms with Crippen LogP contribution in [0.25, 0.3) is 0 Å². The third kappa shape index (κ3) is 5.51. The van der Waals surface area contributed by atoms with E-state index in [1.54, 1.807) is 0 Å². The highest BCUT2D eigenvalue weighted by atomic mass is 15.0. The monoisotopic (exact) mass is 201 g/mol. The largest absolute Gasteiger partial charge is 0.329 e. The van der Waals surface area contributed by atoms with Crippen LogP contribution in [-0.4, -0.2) is 58.4 Å². The second-order valence-electron chi connectivity index (χ2n) is 3.59. The van der Waals surface area contributed by atoms with Crippen molar-refractivity contribution < 1.29 is 0 Å². The SMILES string of the molecule is NCC1CNCCNCCNCCN1. The Morgan fingerprint density at radius 2 is 1.43 bits per heavy atom. The van der Waals surface area contributed by atoms with Crippen molar-refractivity contribution in [1.29, 1.82) is 0 Å². The van der Waals surface area contributed by atoms with Crippen molar-refractivity contribution in [3.63, 3.8) is 0 Å². The van der Waals surface area contributed by atoms with Crippen molar-refractivity contribution >= 4 is 0 Å². The molecule has 1 heterocycles. The summed E-state index contributed by atoms with van der Waals surface area (Å²) in [5.41, 5.74) is 5.65. The van der Waals surface area contributed by atoms with E-state index >= 15 is 0 Å². The van der Waals surface area contributed by atoms with E-state index in [1.807, 2.05) is 0 Å². The molecule has 0 spiro atoms. The van der Waals surface area contributed by atoms with Gasteiger partial charge in [-0.3, -0.25) is 0 Å². The van der Waals surface area contributed by atoms with Crippen molar-refractivity contribution in [2.24, 2.45) is 5.73 Å². The van der Waals surface area contributed by atoms with E-state index in [9.17, 15) is 0 Å². The number of hydrogen-bond donors (Lipinski definition) is 5. The van der Waals surface area contributed by atoms with Gasteiger partial charge in [-0.15, -0.1) is 0 Å². The van der Waals surface area contributed by atoms with E-state index in [1.165, 1.54) is 0 Å². The quantitative estimate of drug-likeness (QED) is 0.329. The summed E-state index contributed by atoms with van der Waals surface area (Å²) in [5, 5.41) is 13.5. The molecule has 5 heteroatoms. The Morgan fingerprint density at radius 3 is 2.07 bits per heavy atom. The summed E-state index contributed by atoms with van der Waals surface area (Å²) in [5.74, 6) is 0. The molecular formula is C9H23N5. The van der Waals surface area contributed by atoms with Gasteiger partial charge in [-0.1, -0.05) is 0 Å². The van der Waals surface area contributed by atoms with E-state index in [-0.39, 0.29) is 0 Å². The zero-order valence-electron chi connectivity index (χ0n) is 8.81. The van der Waals surface area contributed by atoms with Crippen LogP contribution in [0.4, 0.5) is 0 Å². The van der Waals surface area contributed by atoms with Crippen LogP contribution in [0.3, 0.4) is 0 Å². The molecule has 0 aromatic carbocycles. The Bertz CT molecular complexity index is 118. The first-order valence-electron chi connectivity index (χ1n) is 5.49. The highest BCUT2D eigenvalue weighted by Crippen LogP contribution is 1.77. The average Bonchev–Trinajstić information content (AvgIpc) is 2.19. The minimum absolute atomic E-state index is 0.399. The Kier molecular flexibility index (Phi) is 6.90. The molecule has 1 aliphatic heterocycles. The Morgan fingerprint density at radius 1 is 0.857 bits per heavy atom. The van der Waals surface area contributed by atoms with Crippen LogP contribution in [0.15, 0.2) is 0 Å². The minimum Gasteiger partial charge on any atom is -0.329 e. The molecule has 1 aliphatic rings. The number of rotatable bonds is 1. The predicted molar refractivity (Wildman–Crippen MR) is 59.5 cm³/mol. The number of hydrogen-bond acceptors (Lipinski definition) is 5. The average molecular weight is 201 g/mol. The molecule has 14 heavy (non-hydrogen) atoms. The Balaban J connectivity index is 2.17. The predicted octanol–water partition coefficient (Wildman–Crippen LogP) is -2.31. The molecule has 0 aliphatic carbocycles. The fourth-order valence-electron chi connectivity index (χ4n) is 1.48. The maximum absolute atomic E-state index is 5.65. The second-order valence-corrected chi connectivity index (χ2v) is 3.59. The van der Waals surface area contributed by atoms with Gasteiger partial charge in [0.1, 0.15) is 0 Å². The van der Waals surface area contributed by atoms with E-state index in [2.05, 4.69) is 21.3 Å². The Labute approximate surface area is 86.2 Å². The van der Waals surface area contributed by atoms with Gasteiger partial charge >= 0.3 is 0 Å². The van der Waals surface area contributed by atoms with Crippen molar-refractivity contribution in [3.8, 4) is 0 Å². The highest BCUT2D eigenvalue weighted by Gasteiger charge is 2.04. The molecule has 5 nitrogen and oxygen atoms in total. The molecule has 84 valence electrons. The summed E-state index contributed by atoms with van der Waals surface area (Å²) in [6.45, 7) is 7.77. The topological polar surface area (TPSA) is 74.1 Å². The number of nitrogens with two attached hydrogens (primary N) is 1. The van der Waals surface area contributed by atoms with Crippen molar-refractivity contribution in [3.05, 3.63) is 0 Å². The van der Waals surface area contributed by atoms with Crippen LogP contribution in [0, 0.1) is 0 Å². The lowest BCUT2D eigenvalue weighted by molar-refractivity contribution is 0.457. The lowest BCUT2D eigenvalue weighted by atomic mass is 10.3. The van der Waals surface area contributed by atoms with Gasteiger partial charge in [-0.2, -0.15) is 0 Å². The molecule has 0 bridgehead atoms. The first kappa shape index (κ1) is 11.9. The summed E-state index contributed by atoms with van der Waals surface area (Å²) in [7, 11) is 0. The van der Waals surface area contributed by atoms with Crippen molar-refractivity contribution in [2.45, 2.75) is 6.04 Å². The van der Waals surface area contributed by atoms with Gasteiger partial charge in [0, 0.05) is 58.4 Å². The molecule has 1 unspecified atom stereocenters. The van der Waals surface area contributed by atoms with Gasteiger partial charge in [-0.25, -0.2) is 0 Å². The van der Waals surface area contributed by atoms with Crippen molar-refractivity contribution in [1.82, 2.24) is 21.3 Å². The third-order valence-corrected chi connectivity index (χ3v) is 2.37. The lowest BCUT2D eigenvalue weighted by Crippen LogP contribution is -2.48.